The lowest BCUT2D eigenvalue weighted by Crippen LogP contribution is -2.04. The second-order valence-corrected chi connectivity index (χ2v) is 4.22. The van der Waals surface area contributed by atoms with Crippen molar-refractivity contribution in [3.63, 3.8) is 0 Å². The van der Waals surface area contributed by atoms with Crippen LogP contribution in [0.2, 0.25) is 0 Å². The van der Waals surface area contributed by atoms with Crippen LogP contribution in [0.15, 0.2) is 54.6 Å². The highest BCUT2D eigenvalue weighted by Gasteiger charge is 2.16. The summed E-state index contributed by atoms with van der Waals surface area (Å²) < 4.78 is 0. The largest absolute Gasteiger partial charge is 0.478 e. The predicted molar refractivity (Wildman–Crippen MR) is 70.7 cm³/mol. The topological polar surface area (TPSA) is 37.3 Å². The van der Waals surface area contributed by atoms with Crippen molar-refractivity contribution in [2.75, 3.05) is 0 Å². The van der Waals surface area contributed by atoms with E-state index < -0.39 is 5.97 Å². The van der Waals surface area contributed by atoms with Crippen LogP contribution in [0.1, 0.15) is 26.7 Å². The fourth-order valence-corrected chi connectivity index (χ4v) is 2.14. The van der Waals surface area contributed by atoms with E-state index in [-0.39, 0.29) is 5.25 Å². The van der Waals surface area contributed by atoms with Crippen molar-refractivity contribution in [2.24, 2.45) is 0 Å². The van der Waals surface area contributed by atoms with E-state index in [1.165, 1.54) is 0 Å². The summed E-state index contributed by atoms with van der Waals surface area (Å²) in [4.78, 5) is 11.1. The molecule has 0 spiro atoms. The molecule has 0 heterocycles. The average Bonchev–Trinajstić information content (AvgIpc) is 2.39. The summed E-state index contributed by atoms with van der Waals surface area (Å²) in [6.45, 7) is 0. The van der Waals surface area contributed by atoms with E-state index >= 15 is 0 Å². The van der Waals surface area contributed by atoms with Crippen LogP contribution in [0, 0.1) is 0 Å². The number of carboxylic acids is 1. The minimum Gasteiger partial charge on any atom is -0.478 e. The summed E-state index contributed by atoms with van der Waals surface area (Å²) in [5, 5.41) is 8.91. The van der Waals surface area contributed by atoms with Gasteiger partial charge in [-0.3, -0.25) is 0 Å². The third-order valence-electron chi connectivity index (χ3n) is 2.60. The van der Waals surface area contributed by atoms with Crippen molar-refractivity contribution < 1.29 is 9.90 Å². The van der Waals surface area contributed by atoms with Crippen LogP contribution >= 0.6 is 12.6 Å². The molecule has 0 aliphatic rings. The molecule has 17 heavy (non-hydrogen) atoms. The maximum atomic E-state index is 11.1. The van der Waals surface area contributed by atoms with Crippen molar-refractivity contribution in [1.82, 2.24) is 0 Å². The molecule has 0 aromatic heterocycles. The van der Waals surface area contributed by atoms with E-state index in [4.69, 9.17) is 5.11 Å². The number of aromatic carboxylic acids is 1. The number of carboxylic acid groups (broad SMARTS) is 1. The molecule has 86 valence electrons. The van der Waals surface area contributed by atoms with Gasteiger partial charge in [0.15, 0.2) is 0 Å². The van der Waals surface area contributed by atoms with Crippen LogP contribution in [0.25, 0.3) is 0 Å². The molecule has 0 aliphatic heterocycles. The molecule has 0 radical (unpaired) electrons. The van der Waals surface area contributed by atoms with E-state index in [1.807, 2.05) is 36.4 Å². The van der Waals surface area contributed by atoms with Crippen LogP contribution in [0.5, 0.6) is 0 Å². The van der Waals surface area contributed by atoms with Gasteiger partial charge in [-0.25, -0.2) is 4.79 Å². The van der Waals surface area contributed by atoms with Crippen LogP contribution in [0.4, 0.5) is 0 Å². The van der Waals surface area contributed by atoms with Gasteiger partial charge in [0.05, 0.1) is 10.8 Å². The van der Waals surface area contributed by atoms with Crippen LogP contribution in [0.3, 0.4) is 0 Å². The SMILES string of the molecule is O=C(O)c1ccccc1C(S)c1ccccc1. The Hall–Kier alpha value is -1.74. The molecule has 0 fully saturated rings. The van der Waals surface area contributed by atoms with Gasteiger partial charge in [-0.1, -0.05) is 48.5 Å². The van der Waals surface area contributed by atoms with Crippen molar-refractivity contribution >= 4 is 18.6 Å². The van der Waals surface area contributed by atoms with Gasteiger partial charge in [-0.15, -0.1) is 0 Å². The molecular formula is C14H12O2S. The highest BCUT2D eigenvalue weighted by Crippen LogP contribution is 2.30. The minimum atomic E-state index is -0.921. The van der Waals surface area contributed by atoms with Gasteiger partial charge in [0.1, 0.15) is 0 Å². The Morgan fingerprint density at radius 1 is 1.00 bits per heavy atom. The summed E-state index contributed by atoms with van der Waals surface area (Å²) in [6.07, 6.45) is 0. The quantitative estimate of drug-likeness (QED) is 0.812. The van der Waals surface area contributed by atoms with Gasteiger partial charge in [0, 0.05) is 0 Å². The molecule has 0 aliphatic carbocycles. The molecular weight excluding hydrogens is 232 g/mol. The van der Waals surface area contributed by atoms with Crippen molar-refractivity contribution in [3.8, 4) is 0 Å². The molecule has 1 N–H and O–H groups in total. The van der Waals surface area contributed by atoms with Gasteiger partial charge in [0.2, 0.25) is 0 Å². The molecule has 0 amide bonds. The van der Waals surface area contributed by atoms with Gasteiger partial charge >= 0.3 is 5.97 Å². The van der Waals surface area contributed by atoms with Crippen molar-refractivity contribution in [1.29, 1.82) is 0 Å². The van der Waals surface area contributed by atoms with Crippen molar-refractivity contribution in [3.05, 3.63) is 71.3 Å². The monoisotopic (exact) mass is 244 g/mol. The number of hydrogen-bond acceptors (Lipinski definition) is 2. The normalized spacial score (nSPS) is 12.1. The summed E-state index contributed by atoms with van der Waals surface area (Å²) in [7, 11) is 0. The molecule has 3 heteroatoms. The molecule has 2 rings (SSSR count). The second kappa shape index (κ2) is 5.06. The summed E-state index contributed by atoms with van der Waals surface area (Å²) in [5.74, 6) is -0.921. The minimum absolute atomic E-state index is 0.219. The lowest BCUT2D eigenvalue weighted by molar-refractivity contribution is 0.0696. The maximum absolute atomic E-state index is 11.1. The first kappa shape index (κ1) is 11.7. The average molecular weight is 244 g/mol. The molecule has 0 saturated carbocycles. The van der Waals surface area contributed by atoms with E-state index in [2.05, 4.69) is 12.6 Å². The van der Waals surface area contributed by atoms with Crippen LogP contribution in [-0.4, -0.2) is 11.1 Å². The number of rotatable bonds is 3. The molecule has 2 nitrogen and oxygen atoms in total. The smallest absolute Gasteiger partial charge is 0.336 e. The van der Waals surface area contributed by atoms with E-state index in [1.54, 1.807) is 18.2 Å². The Morgan fingerprint density at radius 2 is 1.59 bits per heavy atom. The van der Waals surface area contributed by atoms with E-state index in [0.717, 1.165) is 11.1 Å². The van der Waals surface area contributed by atoms with E-state index in [9.17, 15) is 4.79 Å². The molecule has 1 unspecified atom stereocenters. The first-order valence-corrected chi connectivity index (χ1v) is 5.77. The van der Waals surface area contributed by atoms with Gasteiger partial charge < -0.3 is 5.11 Å². The zero-order valence-electron chi connectivity index (χ0n) is 9.08. The maximum Gasteiger partial charge on any atom is 0.336 e. The Balaban J connectivity index is 2.44. The summed E-state index contributed by atoms with van der Waals surface area (Å²) in [6, 6.07) is 16.6. The Labute approximate surface area is 105 Å². The molecule has 0 bridgehead atoms. The highest BCUT2D eigenvalue weighted by molar-refractivity contribution is 7.80. The predicted octanol–water partition coefficient (Wildman–Crippen LogP) is 3.40. The Morgan fingerprint density at radius 3 is 2.24 bits per heavy atom. The van der Waals surface area contributed by atoms with Crippen LogP contribution < -0.4 is 0 Å². The van der Waals surface area contributed by atoms with Gasteiger partial charge in [-0.2, -0.15) is 12.6 Å². The summed E-state index contributed by atoms with van der Waals surface area (Å²) in [5.41, 5.74) is 2.01. The number of thiol groups is 1. The molecule has 1 atom stereocenters. The lowest BCUT2D eigenvalue weighted by Gasteiger charge is -2.13. The zero-order valence-corrected chi connectivity index (χ0v) is 9.97. The lowest BCUT2D eigenvalue weighted by atomic mass is 9.99. The zero-order chi connectivity index (χ0) is 12.3. The number of carbonyl (C=O) groups is 1. The standard InChI is InChI=1S/C14H12O2S/c15-14(16)12-9-5-4-8-11(12)13(17)10-6-2-1-3-7-10/h1-9,13,17H,(H,15,16). The number of benzene rings is 2. The first-order valence-electron chi connectivity index (χ1n) is 5.25. The first-order chi connectivity index (χ1) is 8.20. The number of hydrogen-bond donors (Lipinski definition) is 2. The van der Waals surface area contributed by atoms with Gasteiger partial charge in [-0.05, 0) is 17.2 Å². The second-order valence-electron chi connectivity index (χ2n) is 3.71. The molecule has 2 aromatic rings. The highest BCUT2D eigenvalue weighted by atomic mass is 32.1. The van der Waals surface area contributed by atoms with Gasteiger partial charge in [0.25, 0.3) is 0 Å². The van der Waals surface area contributed by atoms with E-state index in [0.29, 0.717) is 5.56 Å². The Kier molecular flexibility index (Phi) is 3.49. The third kappa shape index (κ3) is 2.50. The molecule has 2 aromatic carbocycles. The fourth-order valence-electron chi connectivity index (χ4n) is 1.75. The third-order valence-corrected chi connectivity index (χ3v) is 3.18. The summed E-state index contributed by atoms with van der Waals surface area (Å²) >= 11 is 4.51. The molecule has 0 saturated heterocycles. The van der Waals surface area contributed by atoms with Crippen molar-refractivity contribution in [2.45, 2.75) is 5.25 Å². The van der Waals surface area contributed by atoms with Crippen LogP contribution in [-0.2, 0) is 0 Å². The fraction of sp³-hybridized carbons (Fsp3) is 0.0714. The Bertz CT molecular complexity index is 523.